The molecule has 0 aliphatic carbocycles. The van der Waals surface area contributed by atoms with Crippen molar-refractivity contribution in [2.75, 3.05) is 25.0 Å². The number of nitrogens with zero attached hydrogens (tertiary/aromatic N) is 3. The highest BCUT2D eigenvalue weighted by molar-refractivity contribution is 5.91. The van der Waals surface area contributed by atoms with Crippen molar-refractivity contribution in [1.29, 1.82) is 0 Å². The smallest absolute Gasteiger partial charge is 0.295 e. The minimum Gasteiger partial charge on any atom is -0.424 e. The Morgan fingerprint density at radius 1 is 1.35 bits per heavy atom. The van der Waals surface area contributed by atoms with Crippen LogP contribution in [0, 0.1) is 5.92 Å². The lowest BCUT2D eigenvalue weighted by Crippen LogP contribution is -2.30. The molecule has 1 amide bonds. The van der Waals surface area contributed by atoms with Gasteiger partial charge in [0.25, 0.3) is 11.9 Å². The van der Waals surface area contributed by atoms with Gasteiger partial charge in [0.2, 0.25) is 0 Å². The van der Waals surface area contributed by atoms with Crippen LogP contribution in [0.1, 0.15) is 16.9 Å². The molecule has 2 atom stereocenters. The number of aromatic nitrogens is 3. The molecule has 2 aromatic heterocycles. The van der Waals surface area contributed by atoms with Crippen LogP contribution in [0.25, 0.3) is 11.1 Å². The van der Waals surface area contributed by atoms with Gasteiger partial charge in [-0.3, -0.25) is 4.79 Å². The predicted octanol–water partition coefficient (Wildman–Crippen LogP) is 1.81. The normalized spacial score (nSPS) is 19.7. The van der Waals surface area contributed by atoms with Gasteiger partial charge in [0.15, 0.2) is 5.58 Å². The Balaban J connectivity index is 1.23. The third kappa shape index (κ3) is 3.70. The number of amides is 1. The Morgan fingerprint density at radius 3 is 3.04 bits per heavy atom. The van der Waals surface area contributed by atoms with Crippen molar-refractivity contribution in [2.45, 2.75) is 12.5 Å². The van der Waals surface area contributed by atoms with Gasteiger partial charge in [0.05, 0.1) is 19.0 Å². The number of carbonyl (C=O) groups is 1. The minimum absolute atomic E-state index is 0.0711. The zero-order chi connectivity index (χ0) is 17.9. The topological polar surface area (TPSA) is 94.2 Å². The van der Waals surface area contributed by atoms with E-state index in [1.807, 2.05) is 31.3 Å². The number of rotatable bonds is 6. The van der Waals surface area contributed by atoms with Crippen LogP contribution in [-0.2, 0) is 11.8 Å². The van der Waals surface area contributed by atoms with Crippen molar-refractivity contribution in [3.63, 3.8) is 0 Å². The van der Waals surface area contributed by atoms with Gasteiger partial charge in [-0.1, -0.05) is 12.1 Å². The highest BCUT2D eigenvalue weighted by atomic mass is 16.5. The van der Waals surface area contributed by atoms with E-state index in [1.54, 1.807) is 17.1 Å². The first-order valence-electron chi connectivity index (χ1n) is 8.64. The molecular weight excluding hydrogens is 334 g/mol. The molecule has 2 unspecified atom stereocenters. The van der Waals surface area contributed by atoms with Gasteiger partial charge in [0, 0.05) is 32.3 Å². The number of benzene rings is 1. The van der Waals surface area contributed by atoms with Gasteiger partial charge in [-0.05, 0) is 18.6 Å². The number of fused-ring (bicyclic) bond motifs is 1. The lowest BCUT2D eigenvalue weighted by Gasteiger charge is -2.10. The van der Waals surface area contributed by atoms with E-state index in [9.17, 15) is 4.79 Å². The summed E-state index contributed by atoms with van der Waals surface area (Å²) in [7, 11) is 1.84. The SMILES string of the molecule is Cn1cnc(C(=O)NCC2COC(CNc3nc4ccccc4o3)C2)c1. The number of anilines is 1. The lowest BCUT2D eigenvalue weighted by molar-refractivity contribution is 0.0936. The molecule has 136 valence electrons. The average molecular weight is 355 g/mol. The van der Waals surface area contributed by atoms with Crippen molar-refractivity contribution < 1.29 is 13.9 Å². The fourth-order valence-electron chi connectivity index (χ4n) is 3.07. The van der Waals surface area contributed by atoms with Crippen LogP contribution in [0.4, 0.5) is 6.01 Å². The van der Waals surface area contributed by atoms with Gasteiger partial charge in [-0.2, -0.15) is 4.98 Å². The molecule has 1 aromatic carbocycles. The first-order chi connectivity index (χ1) is 12.7. The standard InChI is InChI=1S/C18H21N5O3/c1-23-9-15(21-11-23)17(24)19-7-12-6-13(25-10-12)8-20-18-22-14-4-2-3-5-16(14)26-18/h2-5,9,11-13H,6-8,10H2,1H3,(H,19,24)(H,20,22). The van der Waals surface area contributed by atoms with E-state index in [2.05, 4.69) is 20.6 Å². The molecule has 2 N–H and O–H groups in total. The molecule has 8 heteroatoms. The number of aryl methyl sites for hydroxylation is 1. The van der Waals surface area contributed by atoms with Crippen molar-refractivity contribution in [1.82, 2.24) is 19.9 Å². The zero-order valence-corrected chi connectivity index (χ0v) is 14.5. The van der Waals surface area contributed by atoms with Crippen LogP contribution < -0.4 is 10.6 Å². The molecule has 1 fully saturated rings. The van der Waals surface area contributed by atoms with E-state index in [0.29, 0.717) is 31.4 Å². The van der Waals surface area contributed by atoms with Gasteiger partial charge in [-0.25, -0.2) is 4.98 Å². The number of imidazole rings is 1. The Hall–Kier alpha value is -2.87. The van der Waals surface area contributed by atoms with Crippen molar-refractivity contribution in [3.05, 3.63) is 42.5 Å². The molecule has 0 radical (unpaired) electrons. The van der Waals surface area contributed by atoms with Crippen LogP contribution >= 0.6 is 0 Å². The van der Waals surface area contributed by atoms with Crippen LogP contribution in [0.5, 0.6) is 0 Å². The molecule has 1 saturated heterocycles. The summed E-state index contributed by atoms with van der Waals surface area (Å²) in [4.78, 5) is 20.5. The molecule has 0 bridgehead atoms. The van der Waals surface area contributed by atoms with Gasteiger partial charge in [-0.15, -0.1) is 0 Å². The predicted molar refractivity (Wildman–Crippen MR) is 95.9 cm³/mol. The van der Waals surface area contributed by atoms with E-state index in [4.69, 9.17) is 9.15 Å². The van der Waals surface area contributed by atoms with E-state index in [-0.39, 0.29) is 17.9 Å². The third-order valence-electron chi connectivity index (χ3n) is 4.43. The fraction of sp³-hybridized carbons (Fsp3) is 0.389. The van der Waals surface area contributed by atoms with Crippen molar-refractivity contribution >= 4 is 23.0 Å². The lowest BCUT2D eigenvalue weighted by atomic mass is 10.1. The summed E-state index contributed by atoms with van der Waals surface area (Å²) in [5.41, 5.74) is 2.02. The van der Waals surface area contributed by atoms with E-state index < -0.39 is 0 Å². The monoisotopic (exact) mass is 355 g/mol. The number of carbonyl (C=O) groups excluding carboxylic acids is 1. The largest absolute Gasteiger partial charge is 0.424 e. The fourth-order valence-corrected chi connectivity index (χ4v) is 3.07. The highest BCUT2D eigenvalue weighted by Gasteiger charge is 2.26. The molecule has 0 saturated carbocycles. The Kier molecular flexibility index (Phi) is 4.57. The highest BCUT2D eigenvalue weighted by Crippen LogP contribution is 2.21. The molecule has 3 aromatic rings. The number of hydrogen-bond acceptors (Lipinski definition) is 6. The van der Waals surface area contributed by atoms with Crippen molar-refractivity contribution in [2.24, 2.45) is 13.0 Å². The average Bonchev–Trinajstić information content (AvgIpc) is 3.36. The Morgan fingerprint density at radius 2 is 2.23 bits per heavy atom. The zero-order valence-electron chi connectivity index (χ0n) is 14.5. The summed E-state index contributed by atoms with van der Waals surface area (Å²) in [5, 5.41) is 6.11. The summed E-state index contributed by atoms with van der Waals surface area (Å²) in [5.74, 6) is 0.136. The first-order valence-corrected chi connectivity index (χ1v) is 8.64. The van der Waals surface area contributed by atoms with Crippen LogP contribution in [0.3, 0.4) is 0 Å². The maximum absolute atomic E-state index is 12.0. The van der Waals surface area contributed by atoms with Gasteiger partial charge >= 0.3 is 0 Å². The number of ether oxygens (including phenoxy) is 1. The maximum atomic E-state index is 12.0. The second-order valence-electron chi connectivity index (χ2n) is 6.56. The van der Waals surface area contributed by atoms with Crippen LogP contribution in [0.2, 0.25) is 0 Å². The first kappa shape index (κ1) is 16.6. The summed E-state index contributed by atoms with van der Waals surface area (Å²) >= 11 is 0. The van der Waals surface area contributed by atoms with Gasteiger partial charge < -0.3 is 24.4 Å². The minimum atomic E-state index is -0.154. The molecule has 8 nitrogen and oxygen atoms in total. The summed E-state index contributed by atoms with van der Waals surface area (Å²) in [6, 6.07) is 8.15. The molecular formula is C18H21N5O3. The molecule has 1 aliphatic heterocycles. The Bertz CT molecular complexity index is 870. The molecule has 3 heterocycles. The van der Waals surface area contributed by atoms with E-state index in [0.717, 1.165) is 17.5 Å². The summed E-state index contributed by atoms with van der Waals surface area (Å²) in [6.45, 7) is 1.83. The molecule has 0 spiro atoms. The van der Waals surface area contributed by atoms with Crippen molar-refractivity contribution in [3.8, 4) is 0 Å². The molecule has 26 heavy (non-hydrogen) atoms. The second kappa shape index (κ2) is 7.17. The second-order valence-corrected chi connectivity index (χ2v) is 6.56. The Labute approximate surface area is 150 Å². The number of nitrogens with one attached hydrogen (secondary N) is 2. The summed E-state index contributed by atoms with van der Waals surface area (Å²) < 4.78 is 13.2. The third-order valence-corrected chi connectivity index (χ3v) is 4.43. The number of oxazole rings is 1. The number of para-hydroxylation sites is 2. The van der Waals surface area contributed by atoms with E-state index >= 15 is 0 Å². The van der Waals surface area contributed by atoms with Gasteiger partial charge in [0.1, 0.15) is 11.2 Å². The quantitative estimate of drug-likeness (QED) is 0.700. The number of hydrogen-bond donors (Lipinski definition) is 2. The molecule has 1 aliphatic rings. The maximum Gasteiger partial charge on any atom is 0.295 e. The summed E-state index contributed by atoms with van der Waals surface area (Å²) in [6.07, 6.45) is 4.26. The van der Waals surface area contributed by atoms with Crippen LogP contribution in [-0.4, -0.2) is 46.2 Å². The van der Waals surface area contributed by atoms with E-state index in [1.165, 1.54) is 0 Å². The molecule has 4 rings (SSSR count). The van der Waals surface area contributed by atoms with Crippen LogP contribution in [0.15, 0.2) is 41.2 Å².